The molecule has 1 aliphatic rings. The van der Waals surface area contributed by atoms with Gasteiger partial charge < -0.3 is 15.7 Å². The summed E-state index contributed by atoms with van der Waals surface area (Å²) in [4.78, 5) is 21.7. The predicted octanol–water partition coefficient (Wildman–Crippen LogP) is 0.118. The number of hydrogen-bond donors (Lipinski definition) is 3. The van der Waals surface area contributed by atoms with Crippen molar-refractivity contribution in [1.82, 2.24) is 10.6 Å². The Hall–Kier alpha value is -1.31. The molecule has 0 radical (unpaired) electrons. The van der Waals surface area contributed by atoms with Gasteiger partial charge in [-0.1, -0.05) is 0 Å². The molecule has 1 aliphatic heterocycles. The number of sulfone groups is 1. The number of carbonyl (C=O) groups excluding carboxylic acids is 1. The van der Waals surface area contributed by atoms with Gasteiger partial charge in [-0.25, -0.2) is 13.2 Å². The fourth-order valence-electron chi connectivity index (χ4n) is 1.98. The number of rotatable bonds is 6. The molecule has 110 valence electrons. The number of aliphatic carboxylic acids is 1. The lowest BCUT2D eigenvalue weighted by Gasteiger charge is -2.23. The smallest absolute Gasteiger partial charge is 0.315 e. The Morgan fingerprint density at radius 3 is 2.63 bits per heavy atom. The van der Waals surface area contributed by atoms with E-state index < -0.39 is 21.8 Å². The van der Waals surface area contributed by atoms with Gasteiger partial charge in [-0.2, -0.15) is 0 Å². The molecule has 0 saturated carbocycles. The Balaban J connectivity index is 2.15. The SMILES string of the molecule is O=C(O)CCCCNC(=O)NC1CCCS(=O)(=O)C1. The van der Waals surface area contributed by atoms with Crippen LogP contribution < -0.4 is 10.6 Å². The van der Waals surface area contributed by atoms with Crippen LogP contribution in [0.1, 0.15) is 32.1 Å². The summed E-state index contributed by atoms with van der Waals surface area (Å²) in [6.45, 7) is 0.387. The molecule has 0 aromatic rings. The Kier molecular flexibility index (Phi) is 6.07. The molecule has 8 heteroatoms. The van der Waals surface area contributed by atoms with Gasteiger partial charge in [-0.15, -0.1) is 0 Å². The lowest BCUT2D eigenvalue weighted by atomic mass is 10.2. The summed E-state index contributed by atoms with van der Waals surface area (Å²) in [6.07, 6.45) is 2.43. The largest absolute Gasteiger partial charge is 0.481 e. The van der Waals surface area contributed by atoms with Gasteiger partial charge in [0.15, 0.2) is 9.84 Å². The number of hydrogen-bond acceptors (Lipinski definition) is 4. The molecular weight excluding hydrogens is 272 g/mol. The standard InChI is InChI=1S/C11H20N2O5S/c14-10(15)5-1-2-6-12-11(16)13-9-4-3-7-19(17,18)8-9/h9H,1-8H2,(H,14,15)(H2,12,13,16). The van der Waals surface area contributed by atoms with E-state index in [1.165, 1.54) is 0 Å². The lowest BCUT2D eigenvalue weighted by Crippen LogP contribution is -2.47. The summed E-state index contributed by atoms with van der Waals surface area (Å²) in [6, 6.07) is -0.713. The summed E-state index contributed by atoms with van der Waals surface area (Å²) in [7, 11) is -3.02. The molecule has 0 spiro atoms. The van der Waals surface area contributed by atoms with Gasteiger partial charge in [0, 0.05) is 19.0 Å². The molecule has 19 heavy (non-hydrogen) atoms. The van der Waals surface area contributed by atoms with Gasteiger partial charge in [-0.3, -0.25) is 4.79 Å². The maximum atomic E-state index is 11.5. The average molecular weight is 292 g/mol. The van der Waals surface area contributed by atoms with Gasteiger partial charge in [-0.05, 0) is 25.7 Å². The quantitative estimate of drug-likeness (QED) is 0.602. The minimum atomic E-state index is -3.02. The van der Waals surface area contributed by atoms with E-state index in [2.05, 4.69) is 10.6 Å². The van der Waals surface area contributed by atoms with E-state index in [0.717, 1.165) is 0 Å². The minimum Gasteiger partial charge on any atom is -0.481 e. The van der Waals surface area contributed by atoms with E-state index in [-0.39, 0.29) is 24.0 Å². The number of nitrogens with one attached hydrogen (secondary N) is 2. The fraction of sp³-hybridized carbons (Fsp3) is 0.818. The molecule has 0 bridgehead atoms. The first-order chi connectivity index (χ1) is 8.89. The zero-order chi connectivity index (χ0) is 14.3. The van der Waals surface area contributed by atoms with Crippen LogP contribution in [0.25, 0.3) is 0 Å². The first-order valence-electron chi connectivity index (χ1n) is 6.35. The third-order valence-electron chi connectivity index (χ3n) is 2.90. The second kappa shape index (κ2) is 7.32. The molecule has 1 rings (SSSR count). The van der Waals surface area contributed by atoms with Crippen LogP contribution in [0.4, 0.5) is 4.79 Å². The topological polar surface area (TPSA) is 113 Å². The zero-order valence-corrected chi connectivity index (χ0v) is 11.5. The Bertz CT molecular complexity index is 421. The molecule has 1 heterocycles. The average Bonchev–Trinajstić information content (AvgIpc) is 2.26. The third kappa shape index (κ3) is 7.00. The summed E-state index contributed by atoms with van der Waals surface area (Å²) in [5, 5.41) is 13.7. The number of carbonyl (C=O) groups is 2. The molecular formula is C11H20N2O5S. The van der Waals surface area contributed by atoms with E-state index in [0.29, 0.717) is 32.2 Å². The van der Waals surface area contributed by atoms with Gasteiger partial charge in [0.2, 0.25) is 0 Å². The van der Waals surface area contributed by atoms with Crippen molar-refractivity contribution in [2.24, 2.45) is 0 Å². The van der Waals surface area contributed by atoms with E-state index in [4.69, 9.17) is 5.11 Å². The molecule has 1 atom stereocenters. The van der Waals surface area contributed by atoms with Crippen molar-refractivity contribution in [2.45, 2.75) is 38.1 Å². The Morgan fingerprint density at radius 2 is 2.00 bits per heavy atom. The van der Waals surface area contributed by atoms with E-state index in [9.17, 15) is 18.0 Å². The molecule has 3 N–H and O–H groups in total. The second-order valence-electron chi connectivity index (χ2n) is 4.70. The van der Waals surface area contributed by atoms with Crippen LogP contribution in [0.2, 0.25) is 0 Å². The van der Waals surface area contributed by atoms with Crippen LogP contribution in [0.5, 0.6) is 0 Å². The van der Waals surface area contributed by atoms with Crippen LogP contribution in [-0.2, 0) is 14.6 Å². The highest BCUT2D eigenvalue weighted by molar-refractivity contribution is 7.91. The molecule has 0 aliphatic carbocycles. The Morgan fingerprint density at radius 1 is 1.26 bits per heavy atom. The molecule has 1 fully saturated rings. The van der Waals surface area contributed by atoms with E-state index in [1.54, 1.807) is 0 Å². The number of urea groups is 1. The lowest BCUT2D eigenvalue weighted by molar-refractivity contribution is -0.137. The van der Waals surface area contributed by atoms with Gasteiger partial charge in [0.1, 0.15) is 0 Å². The highest BCUT2D eigenvalue weighted by atomic mass is 32.2. The summed E-state index contributed by atoms with van der Waals surface area (Å²) < 4.78 is 22.8. The number of unbranched alkanes of at least 4 members (excludes halogenated alkanes) is 1. The fourth-order valence-corrected chi connectivity index (χ4v) is 3.61. The van der Waals surface area contributed by atoms with Crippen molar-refractivity contribution in [2.75, 3.05) is 18.1 Å². The summed E-state index contributed by atoms with van der Waals surface area (Å²) in [5.41, 5.74) is 0. The van der Waals surface area contributed by atoms with E-state index in [1.807, 2.05) is 0 Å². The molecule has 1 saturated heterocycles. The molecule has 0 aromatic heterocycles. The van der Waals surface area contributed by atoms with Crippen molar-refractivity contribution < 1.29 is 23.1 Å². The number of amides is 2. The summed E-state index contributed by atoms with van der Waals surface area (Å²) in [5.74, 6) is -0.654. The molecule has 0 aromatic carbocycles. The highest BCUT2D eigenvalue weighted by Gasteiger charge is 2.25. The van der Waals surface area contributed by atoms with Gasteiger partial charge in [0.25, 0.3) is 0 Å². The van der Waals surface area contributed by atoms with Crippen LogP contribution in [0, 0.1) is 0 Å². The Labute approximate surface area is 112 Å². The molecule has 2 amide bonds. The molecule has 7 nitrogen and oxygen atoms in total. The van der Waals surface area contributed by atoms with Gasteiger partial charge in [0.05, 0.1) is 11.5 Å². The summed E-state index contributed by atoms with van der Waals surface area (Å²) >= 11 is 0. The van der Waals surface area contributed by atoms with Crippen LogP contribution in [-0.4, -0.2) is 49.6 Å². The van der Waals surface area contributed by atoms with Crippen molar-refractivity contribution >= 4 is 21.8 Å². The van der Waals surface area contributed by atoms with Crippen molar-refractivity contribution in [3.8, 4) is 0 Å². The maximum Gasteiger partial charge on any atom is 0.315 e. The second-order valence-corrected chi connectivity index (χ2v) is 6.93. The first kappa shape index (κ1) is 15.7. The van der Waals surface area contributed by atoms with E-state index >= 15 is 0 Å². The van der Waals surface area contributed by atoms with Crippen LogP contribution >= 0.6 is 0 Å². The number of carboxylic acid groups (broad SMARTS) is 1. The van der Waals surface area contributed by atoms with Crippen molar-refractivity contribution in [3.05, 3.63) is 0 Å². The van der Waals surface area contributed by atoms with Crippen LogP contribution in [0.3, 0.4) is 0 Å². The normalized spacial score (nSPS) is 21.6. The maximum absolute atomic E-state index is 11.5. The monoisotopic (exact) mass is 292 g/mol. The molecule has 1 unspecified atom stereocenters. The first-order valence-corrected chi connectivity index (χ1v) is 8.18. The third-order valence-corrected chi connectivity index (χ3v) is 4.72. The predicted molar refractivity (Wildman–Crippen MR) is 69.7 cm³/mol. The van der Waals surface area contributed by atoms with Crippen molar-refractivity contribution in [1.29, 1.82) is 0 Å². The van der Waals surface area contributed by atoms with Gasteiger partial charge >= 0.3 is 12.0 Å². The van der Waals surface area contributed by atoms with Crippen LogP contribution in [0.15, 0.2) is 0 Å². The highest BCUT2D eigenvalue weighted by Crippen LogP contribution is 2.11. The number of carboxylic acids is 1. The zero-order valence-electron chi connectivity index (χ0n) is 10.7. The van der Waals surface area contributed by atoms with Crippen molar-refractivity contribution in [3.63, 3.8) is 0 Å². The minimum absolute atomic E-state index is 0.000561.